The Morgan fingerprint density at radius 3 is 2.96 bits per heavy atom. The lowest BCUT2D eigenvalue weighted by Gasteiger charge is -2.04. The van der Waals surface area contributed by atoms with Gasteiger partial charge in [-0.3, -0.25) is 4.79 Å². The maximum Gasteiger partial charge on any atom is 0.282 e. The molecule has 0 spiro atoms. The summed E-state index contributed by atoms with van der Waals surface area (Å²) >= 11 is 7.79. The van der Waals surface area contributed by atoms with Crippen LogP contribution < -0.4 is 10.3 Å². The van der Waals surface area contributed by atoms with E-state index in [-0.39, 0.29) is 5.56 Å². The molecule has 4 aromatic rings. The Labute approximate surface area is 163 Å². The van der Waals surface area contributed by atoms with Crippen LogP contribution in [0.25, 0.3) is 21.1 Å². The van der Waals surface area contributed by atoms with E-state index < -0.39 is 0 Å². The van der Waals surface area contributed by atoms with E-state index in [0.717, 1.165) is 32.8 Å². The maximum absolute atomic E-state index is 12.6. The van der Waals surface area contributed by atoms with Crippen molar-refractivity contribution in [1.29, 1.82) is 0 Å². The molecule has 0 N–H and O–H groups in total. The number of benzene rings is 1. The third-order valence-electron chi connectivity index (χ3n) is 4.16. The van der Waals surface area contributed by atoms with Crippen LogP contribution in [0.2, 0.25) is 5.15 Å². The molecule has 0 atom stereocenters. The monoisotopic (exact) mass is 398 g/mol. The van der Waals surface area contributed by atoms with Gasteiger partial charge < -0.3 is 4.74 Å². The third-order valence-corrected chi connectivity index (χ3v) is 5.65. The molecule has 27 heavy (non-hydrogen) atoms. The molecule has 0 saturated heterocycles. The molecular weight excluding hydrogens is 384 g/mol. The lowest BCUT2D eigenvalue weighted by Crippen LogP contribution is -2.16. The lowest BCUT2D eigenvalue weighted by molar-refractivity contribution is 0.415. The molecule has 3 heterocycles. The van der Waals surface area contributed by atoms with Gasteiger partial charge in [0.1, 0.15) is 22.1 Å². The van der Waals surface area contributed by atoms with Gasteiger partial charge in [0.05, 0.1) is 24.2 Å². The fraction of sp³-hybridized carbons (Fsp3) is 0.158. The van der Waals surface area contributed by atoms with Gasteiger partial charge in [-0.1, -0.05) is 18.5 Å². The summed E-state index contributed by atoms with van der Waals surface area (Å²) < 4.78 is 6.45. The molecule has 0 unspecified atom stereocenters. The van der Waals surface area contributed by atoms with Crippen molar-refractivity contribution in [2.75, 3.05) is 7.11 Å². The second-order valence-corrected chi connectivity index (χ2v) is 7.32. The highest BCUT2D eigenvalue weighted by Crippen LogP contribution is 2.24. The number of fused-ring (bicyclic) bond motifs is 2. The Morgan fingerprint density at radius 1 is 1.33 bits per heavy atom. The number of rotatable bonds is 4. The van der Waals surface area contributed by atoms with Gasteiger partial charge in [-0.25, -0.2) is 9.97 Å². The fourth-order valence-corrected chi connectivity index (χ4v) is 3.83. The average Bonchev–Trinajstić information content (AvgIpc) is 3.11. The van der Waals surface area contributed by atoms with Crippen molar-refractivity contribution < 1.29 is 4.74 Å². The molecule has 0 aliphatic rings. The van der Waals surface area contributed by atoms with Crippen LogP contribution in [-0.2, 0) is 6.42 Å². The Hall–Kier alpha value is -2.77. The summed E-state index contributed by atoms with van der Waals surface area (Å²) in [5.74, 6) is 0.726. The first kappa shape index (κ1) is 17.6. The van der Waals surface area contributed by atoms with Crippen LogP contribution >= 0.6 is 22.9 Å². The molecule has 3 aromatic heterocycles. The van der Waals surface area contributed by atoms with Gasteiger partial charge in [0.2, 0.25) is 0 Å². The Balaban J connectivity index is 1.76. The minimum Gasteiger partial charge on any atom is -0.497 e. The van der Waals surface area contributed by atoms with Crippen molar-refractivity contribution in [3.63, 3.8) is 0 Å². The minimum absolute atomic E-state index is 0.209. The Kier molecular flexibility index (Phi) is 4.63. The van der Waals surface area contributed by atoms with E-state index in [1.165, 1.54) is 28.6 Å². The van der Waals surface area contributed by atoms with E-state index in [2.05, 4.69) is 15.1 Å². The molecule has 0 amide bonds. The van der Waals surface area contributed by atoms with E-state index in [4.69, 9.17) is 16.3 Å². The number of ether oxygens (including phenoxy) is 1. The number of methoxy groups -OCH3 is 1. The summed E-state index contributed by atoms with van der Waals surface area (Å²) in [6, 6.07) is 9.26. The largest absolute Gasteiger partial charge is 0.497 e. The zero-order chi connectivity index (χ0) is 19.0. The average molecular weight is 399 g/mol. The quantitative estimate of drug-likeness (QED) is 0.383. The predicted octanol–water partition coefficient (Wildman–Crippen LogP) is 4.11. The smallest absolute Gasteiger partial charge is 0.282 e. The van der Waals surface area contributed by atoms with E-state index in [1.807, 2.05) is 37.3 Å². The van der Waals surface area contributed by atoms with Gasteiger partial charge in [0.25, 0.3) is 5.56 Å². The number of pyridine rings is 1. The van der Waals surface area contributed by atoms with Gasteiger partial charge >= 0.3 is 0 Å². The van der Waals surface area contributed by atoms with Gasteiger partial charge in [-0.2, -0.15) is 9.78 Å². The molecule has 0 bridgehead atoms. The zero-order valence-corrected chi connectivity index (χ0v) is 16.2. The highest BCUT2D eigenvalue weighted by Gasteiger charge is 2.08. The number of hydrogen-bond donors (Lipinski definition) is 0. The minimum atomic E-state index is -0.209. The highest BCUT2D eigenvalue weighted by molar-refractivity contribution is 7.18. The summed E-state index contributed by atoms with van der Waals surface area (Å²) in [4.78, 5) is 23.1. The van der Waals surface area contributed by atoms with Gasteiger partial charge in [0.15, 0.2) is 0 Å². The van der Waals surface area contributed by atoms with Crippen LogP contribution in [0, 0.1) is 0 Å². The molecule has 0 aliphatic carbocycles. The molecule has 0 fully saturated rings. The standard InChI is InChI=1S/C19H15ClN4O2S/c1-3-14-8-15-18(27-14)21-10-24(19(15)25)22-9-12-6-11-7-13(26-2)4-5-16(11)23-17(12)20/h4-10H,3H2,1-2H3/b22-9-. The number of halogens is 1. The summed E-state index contributed by atoms with van der Waals surface area (Å²) in [5.41, 5.74) is 1.14. The van der Waals surface area contributed by atoms with Crippen LogP contribution in [0.5, 0.6) is 5.75 Å². The third kappa shape index (κ3) is 3.31. The number of thiophene rings is 1. The molecule has 0 saturated carbocycles. The van der Waals surface area contributed by atoms with E-state index in [9.17, 15) is 4.79 Å². The first-order chi connectivity index (χ1) is 13.1. The second-order valence-electron chi connectivity index (χ2n) is 5.85. The van der Waals surface area contributed by atoms with E-state index in [1.54, 1.807) is 7.11 Å². The Morgan fingerprint density at radius 2 is 2.19 bits per heavy atom. The molecular formula is C19H15ClN4O2S. The molecule has 0 radical (unpaired) electrons. The first-order valence-corrected chi connectivity index (χ1v) is 9.47. The first-order valence-electron chi connectivity index (χ1n) is 8.27. The second kappa shape index (κ2) is 7.09. The molecule has 0 aliphatic heterocycles. The SMILES string of the molecule is CCc1cc2c(=O)n(/N=C\c3cc4cc(OC)ccc4nc3Cl)cnc2s1. The predicted molar refractivity (Wildman–Crippen MR) is 110 cm³/mol. The molecule has 8 heteroatoms. The summed E-state index contributed by atoms with van der Waals surface area (Å²) in [6.07, 6.45) is 3.80. The van der Waals surface area contributed by atoms with Crippen LogP contribution in [0.1, 0.15) is 17.4 Å². The number of hydrogen-bond acceptors (Lipinski definition) is 6. The number of aryl methyl sites for hydroxylation is 1. The van der Waals surface area contributed by atoms with Crippen LogP contribution in [-0.4, -0.2) is 28.0 Å². The van der Waals surface area contributed by atoms with Crippen molar-refractivity contribution in [3.8, 4) is 5.75 Å². The molecule has 4 rings (SSSR count). The number of nitrogens with zero attached hydrogens (tertiary/aromatic N) is 4. The number of aromatic nitrogens is 3. The van der Waals surface area contributed by atoms with Crippen molar-refractivity contribution in [3.05, 3.63) is 62.6 Å². The topological polar surface area (TPSA) is 69.4 Å². The van der Waals surface area contributed by atoms with Crippen molar-refractivity contribution in [2.24, 2.45) is 5.10 Å². The summed E-state index contributed by atoms with van der Waals surface area (Å²) in [5, 5.41) is 5.99. The lowest BCUT2D eigenvalue weighted by atomic mass is 10.1. The fourth-order valence-electron chi connectivity index (χ4n) is 2.71. The van der Waals surface area contributed by atoms with Crippen LogP contribution in [0.3, 0.4) is 0 Å². The normalized spacial score (nSPS) is 11.7. The van der Waals surface area contributed by atoms with Crippen molar-refractivity contribution in [1.82, 2.24) is 14.6 Å². The zero-order valence-electron chi connectivity index (χ0n) is 14.6. The van der Waals surface area contributed by atoms with Crippen LogP contribution in [0.15, 0.2) is 46.6 Å². The van der Waals surface area contributed by atoms with Crippen LogP contribution in [0.4, 0.5) is 0 Å². The summed E-state index contributed by atoms with van der Waals surface area (Å²) in [6.45, 7) is 2.05. The summed E-state index contributed by atoms with van der Waals surface area (Å²) in [7, 11) is 1.61. The van der Waals surface area contributed by atoms with Gasteiger partial charge in [-0.15, -0.1) is 11.3 Å². The van der Waals surface area contributed by atoms with E-state index >= 15 is 0 Å². The molecule has 6 nitrogen and oxygen atoms in total. The maximum atomic E-state index is 12.6. The Bertz CT molecular complexity index is 1250. The van der Waals surface area contributed by atoms with Crippen molar-refractivity contribution in [2.45, 2.75) is 13.3 Å². The highest BCUT2D eigenvalue weighted by atomic mass is 35.5. The van der Waals surface area contributed by atoms with E-state index in [0.29, 0.717) is 16.1 Å². The molecule has 136 valence electrons. The van der Waals surface area contributed by atoms with Gasteiger partial charge in [0, 0.05) is 15.8 Å². The van der Waals surface area contributed by atoms with Gasteiger partial charge in [-0.05, 0) is 36.8 Å². The molecule has 1 aromatic carbocycles. The van der Waals surface area contributed by atoms with Crippen molar-refractivity contribution >= 4 is 50.3 Å².